The minimum Gasteiger partial charge on any atom is -0.466 e. The molecule has 4 heteroatoms. The van der Waals surface area contributed by atoms with Gasteiger partial charge in [-0.3, -0.25) is 9.89 Å². The van der Waals surface area contributed by atoms with E-state index in [1.54, 1.807) is 11.8 Å². The van der Waals surface area contributed by atoms with Gasteiger partial charge in [0.25, 0.3) is 0 Å². The Balaban J connectivity index is 2.15. The van der Waals surface area contributed by atoms with Crippen LogP contribution >= 0.6 is 11.8 Å². The first-order chi connectivity index (χ1) is 8.45. The summed E-state index contributed by atoms with van der Waals surface area (Å²) in [7, 11) is 0. The number of fused-ring (bicyclic) bond motifs is 3. The molecule has 18 heavy (non-hydrogen) atoms. The zero-order valence-electron chi connectivity index (χ0n) is 11.2. The van der Waals surface area contributed by atoms with Crippen molar-refractivity contribution in [1.82, 2.24) is 0 Å². The molecule has 0 bridgehead atoms. The van der Waals surface area contributed by atoms with Crippen LogP contribution in [0.5, 0.6) is 5.75 Å². The van der Waals surface area contributed by atoms with Crippen molar-refractivity contribution < 1.29 is 4.74 Å². The summed E-state index contributed by atoms with van der Waals surface area (Å²) >= 11 is 1.68. The van der Waals surface area contributed by atoms with Gasteiger partial charge in [-0.15, -0.1) is 0 Å². The van der Waals surface area contributed by atoms with Crippen LogP contribution in [-0.2, 0) is 0 Å². The highest BCUT2D eigenvalue weighted by Gasteiger charge is 2.50. The Morgan fingerprint density at radius 1 is 1.28 bits per heavy atom. The Hall–Kier alpha value is -1.16. The zero-order valence-corrected chi connectivity index (χ0v) is 12.0. The Morgan fingerprint density at radius 2 is 2.00 bits per heavy atom. The van der Waals surface area contributed by atoms with Crippen molar-refractivity contribution in [1.29, 1.82) is 0 Å². The summed E-state index contributed by atoms with van der Waals surface area (Å²) < 4.78 is 6.20. The summed E-state index contributed by atoms with van der Waals surface area (Å²) in [5, 5.41) is 1.04. The lowest BCUT2D eigenvalue weighted by Gasteiger charge is -2.43. The molecule has 2 heterocycles. The van der Waals surface area contributed by atoms with Gasteiger partial charge in [-0.1, -0.05) is 23.9 Å². The average molecular weight is 262 g/mol. The smallest absolute Gasteiger partial charge is 0.188 e. The fourth-order valence-electron chi connectivity index (χ4n) is 2.97. The van der Waals surface area contributed by atoms with E-state index in [2.05, 4.69) is 38.0 Å². The third kappa shape index (κ3) is 1.62. The van der Waals surface area contributed by atoms with Gasteiger partial charge in [0.2, 0.25) is 0 Å². The van der Waals surface area contributed by atoms with E-state index in [0.29, 0.717) is 0 Å². The zero-order chi connectivity index (χ0) is 13.0. The van der Waals surface area contributed by atoms with Crippen LogP contribution in [0.3, 0.4) is 0 Å². The van der Waals surface area contributed by atoms with Crippen molar-refractivity contribution in [3.63, 3.8) is 0 Å². The Bertz CT molecular complexity index is 526. The minimum atomic E-state index is -0.312. The summed E-state index contributed by atoms with van der Waals surface area (Å²) in [4.78, 5) is 7.08. The highest BCUT2D eigenvalue weighted by atomic mass is 32.2. The van der Waals surface area contributed by atoms with E-state index in [0.717, 1.165) is 23.0 Å². The van der Waals surface area contributed by atoms with Gasteiger partial charge < -0.3 is 4.74 Å². The molecule has 1 aromatic rings. The van der Waals surface area contributed by atoms with Crippen LogP contribution in [0.2, 0.25) is 0 Å². The molecule has 0 aliphatic carbocycles. The number of para-hydroxylation sites is 2. The van der Waals surface area contributed by atoms with Crippen LogP contribution < -0.4 is 9.64 Å². The van der Waals surface area contributed by atoms with Gasteiger partial charge in [0.15, 0.2) is 10.9 Å². The van der Waals surface area contributed by atoms with E-state index in [9.17, 15) is 0 Å². The number of amidine groups is 1. The largest absolute Gasteiger partial charge is 0.466 e. The lowest BCUT2D eigenvalue weighted by molar-refractivity contribution is 0.0831. The quantitative estimate of drug-likeness (QED) is 0.715. The van der Waals surface area contributed by atoms with E-state index >= 15 is 0 Å². The number of anilines is 1. The van der Waals surface area contributed by atoms with Crippen LogP contribution in [0.4, 0.5) is 5.69 Å². The van der Waals surface area contributed by atoms with Crippen LogP contribution in [-0.4, -0.2) is 22.7 Å². The van der Waals surface area contributed by atoms with Gasteiger partial charge in [0.05, 0.1) is 11.2 Å². The number of thioether (sulfide) groups is 1. The summed E-state index contributed by atoms with van der Waals surface area (Å²) in [6, 6.07) is 8.20. The monoisotopic (exact) mass is 262 g/mol. The molecule has 96 valence electrons. The van der Waals surface area contributed by atoms with Crippen molar-refractivity contribution in [2.45, 2.75) is 38.5 Å². The maximum Gasteiger partial charge on any atom is 0.188 e. The highest BCUT2D eigenvalue weighted by molar-refractivity contribution is 8.13. The molecule has 0 spiro atoms. The van der Waals surface area contributed by atoms with E-state index in [1.807, 2.05) is 18.2 Å². The third-order valence-corrected chi connectivity index (χ3v) is 4.08. The number of rotatable bonds is 0. The first kappa shape index (κ1) is 11.9. The molecule has 0 N–H and O–H groups in total. The molecule has 0 aromatic heterocycles. The van der Waals surface area contributed by atoms with Gasteiger partial charge >= 0.3 is 0 Å². The summed E-state index contributed by atoms with van der Waals surface area (Å²) in [6.45, 7) is 6.48. The molecule has 1 atom stereocenters. The molecule has 0 saturated carbocycles. The molecule has 0 radical (unpaired) electrons. The average Bonchev–Trinajstić information content (AvgIpc) is 2.57. The number of hydrogen-bond donors (Lipinski definition) is 0. The number of hydrogen-bond acceptors (Lipinski definition) is 4. The van der Waals surface area contributed by atoms with Crippen molar-refractivity contribution in [2.75, 3.05) is 11.2 Å². The summed E-state index contributed by atoms with van der Waals surface area (Å²) in [6.07, 6.45) is 2.96. The fraction of sp³-hybridized carbons (Fsp3) is 0.500. The minimum absolute atomic E-state index is 0.0777. The molecule has 2 aliphatic rings. The van der Waals surface area contributed by atoms with E-state index in [-0.39, 0.29) is 11.3 Å². The molecule has 2 aliphatic heterocycles. The van der Waals surface area contributed by atoms with Crippen molar-refractivity contribution in [3.05, 3.63) is 24.3 Å². The summed E-state index contributed by atoms with van der Waals surface area (Å²) in [5.74, 6) is 0.958. The van der Waals surface area contributed by atoms with Gasteiger partial charge in [-0.25, -0.2) is 0 Å². The van der Waals surface area contributed by atoms with Gasteiger partial charge in [0.1, 0.15) is 5.75 Å². The molecule has 3 nitrogen and oxygen atoms in total. The molecule has 0 amide bonds. The van der Waals surface area contributed by atoms with Crippen LogP contribution in [0.1, 0.15) is 27.2 Å². The van der Waals surface area contributed by atoms with E-state index in [4.69, 9.17) is 9.73 Å². The SMILES string of the molecule is CSC1=NC(C)(C)CC2(C)Oc3ccccc3N12. The maximum absolute atomic E-state index is 6.20. The number of aliphatic imine (C=N–C) groups is 1. The number of ether oxygens (including phenoxy) is 1. The van der Waals surface area contributed by atoms with Gasteiger partial charge in [-0.05, 0) is 39.2 Å². The lowest BCUT2D eigenvalue weighted by Crippen LogP contribution is -2.56. The molecule has 0 fully saturated rings. The normalized spacial score (nSPS) is 28.2. The lowest BCUT2D eigenvalue weighted by atomic mass is 9.92. The number of benzene rings is 1. The predicted molar refractivity (Wildman–Crippen MR) is 77.6 cm³/mol. The second-order valence-corrected chi connectivity index (χ2v) is 6.44. The van der Waals surface area contributed by atoms with Gasteiger partial charge in [-0.2, -0.15) is 0 Å². The van der Waals surface area contributed by atoms with Crippen molar-refractivity contribution >= 4 is 22.6 Å². The fourth-order valence-corrected chi connectivity index (χ4v) is 3.79. The first-order valence-electron chi connectivity index (χ1n) is 6.17. The van der Waals surface area contributed by atoms with Gasteiger partial charge in [0, 0.05) is 6.42 Å². The van der Waals surface area contributed by atoms with Crippen molar-refractivity contribution in [3.8, 4) is 5.75 Å². The second-order valence-electron chi connectivity index (χ2n) is 5.67. The standard InChI is InChI=1S/C14H18N2OS/c1-13(2)9-14(3)16(12(15-13)18-4)10-7-5-6-8-11(10)17-14/h5-8H,9H2,1-4H3. The molecule has 0 saturated heterocycles. The van der Waals surface area contributed by atoms with Crippen LogP contribution in [0.25, 0.3) is 0 Å². The van der Waals surface area contributed by atoms with E-state index < -0.39 is 0 Å². The summed E-state index contributed by atoms with van der Waals surface area (Å²) in [5.41, 5.74) is 0.738. The first-order valence-corrected chi connectivity index (χ1v) is 7.40. The molecule has 3 rings (SSSR count). The third-order valence-electron chi connectivity index (χ3n) is 3.44. The van der Waals surface area contributed by atoms with Crippen LogP contribution in [0, 0.1) is 0 Å². The topological polar surface area (TPSA) is 24.8 Å². The highest BCUT2D eigenvalue weighted by Crippen LogP contribution is 2.49. The van der Waals surface area contributed by atoms with Crippen LogP contribution in [0.15, 0.2) is 29.3 Å². The van der Waals surface area contributed by atoms with E-state index in [1.165, 1.54) is 0 Å². The Morgan fingerprint density at radius 3 is 2.72 bits per heavy atom. The van der Waals surface area contributed by atoms with Crippen molar-refractivity contribution in [2.24, 2.45) is 4.99 Å². The molecule has 1 unspecified atom stereocenters. The Kier molecular flexibility index (Phi) is 2.43. The predicted octanol–water partition coefficient (Wildman–Crippen LogP) is 3.50. The number of nitrogens with zero attached hydrogens (tertiary/aromatic N) is 2. The maximum atomic E-state index is 6.20. The molecular formula is C14H18N2OS. The second kappa shape index (κ2) is 3.67. The Labute approximate surface area is 112 Å². The molecular weight excluding hydrogens is 244 g/mol. The molecule has 1 aromatic carbocycles.